The molecule has 9 nitrogen and oxygen atoms in total. The molecule has 1 aromatic heterocycles. The Morgan fingerprint density at radius 2 is 2.14 bits per heavy atom. The van der Waals surface area contributed by atoms with Crippen molar-refractivity contribution < 1.29 is 13.3 Å². The summed E-state index contributed by atoms with van der Waals surface area (Å²) in [7, 11) is -3.82. The number of H-pyrrole nitrogens is 1. The van der Waals surface area contributed by atoms with Crippen LogP contribution >= 0.6 is 0 Å². The van der Waals surface area contributed by atoms with Crippen LogP contribution in [0.25, 0.3) is 0 Å². The number of nitro groups is 1. The predicted octanol–water partition coefficient (Wildman–Crippen LogP) is 1.06. The molecule has 0 fully saturated rings. The summed E-state index contributed by atoms with van der Waals surface area (Å²) in [6.45, 7) is 3.11. The van der Waals surface area contributed by atoms with Gasteiger partial charge in [0, 0.05) is 12.1 Å². The van der Waals surface area contributed by atoms with E-state index in [0.29, 0.717) is 11.4 Å². The number of aromatic amines is 1. The Kier molecular flexibility index (Phi) is 4.00. The third-order valence-corrected chi connectivity index (χ3v) is 4.54. The highest BCUT2D eigenvalue weighted by Crippen LogP contribution is 2.22. The number of aromatic nitrogens is 3. The Morgan fingerprint density at radius 1 is 1.43 bits per heavy atom. The van der Waals surface area contributed by atoms with Crippen LogP contribution in [-0.2, 0) is 10.0 Å². The van der Waals surface area contributed by atoms with E-state index in [4.69, 9.17) is 0 Å². The van der Waals surface area contributed by atoms with Crippen LogP contribution in [-0.4, -0.2) is 28.5 Å². The molecule has 0 saturated heterocycles. The molecular weight excluding hydrogens is 298 g/mol. The van der Waals surface area contributed by atoms with E-state index in [9.17, 15) is 18.5 Å². The monoisotopic (exact) mass is 311 g/mol. The summed E-state index contributed by atoms with van der Waals surface area (Å²) in [5.41, 5.74) is 0.135. The topological polar surface area (TPSA) is 131 Å². The van der Waals surface area contributed by atoms with Gasteiger partial charge in [0.2, 0.25) is 10.0 Å². The maximum Gasteiger partial charge on any atom is 0.269 e. The Balaban J connectivity index is 2.29. The molecule has 0 bridgehead atoms. The highest BCUT2D eigenvalue weighted by atomic mass is 32.2. The fourth-order valence-electron chi connectivity index (χ4n) is 1.82. The molecule has 0 aliphatic heterocycles. The summed E-state index contributed by atoms with van der Waals surface area (Å²) < 4.78 is 27.0. The Labute approximate surface area is 120 Å². The molecule has 112 valence electrons. The average Bonchev–Trinajstić information content (AvgIpc) is 2.91. The largest absolute Gasteiger partial charge is 0.269 e. The first-order chi connectivity index (χ1) is 9.81. The SMILES string of the molecule is Cc1cc([N+](=O)[O-])ccc1S(=O)(=O)NC(C)c1ncn[nH]1. The average molecular weight is 311 g/mol. The fourth-order valence-corrected chi connectivity index (χ4v) is 3.26. The lowest BCUT2D eigenvalue weighted by Crippen LogP contribution is -2.28. The molecule has 1 aromatic carbocycles. The Morgan fingerprint density at radius 3 is 2.67 bits per heavy atom. The van der Waals surface area contributed by atoms with Gasteiger partial charge in [0.1, 0.15) is 12.2 Å². The van der Waals surface area contributed by atoms with Gasteiger partial charge in [-0.05, 0) is 25.5 Å². The number of benzene rings is 1. The molecule has 2 N–H and O–H groups in total. The third kappa shape index (κ3) is 3.23. The minimum Gasteiger partial charge on any atom is -0.262 e. The number of nitrogens with one attached hydrogen (secondary N) is 2. The maximum absolute atomic E-state index is 12.3. The van der Waals surface area contributed by atoms with Gasteiger partial charge >= 0.3 is 0 Å². The number of non-ortho nitro benzene ring substituents is 1. The van der Waals surface area contributed by atoms with E-state index < -0.39 is 21.0 Å². The van der Waals surface area contributed by atoms with Crippen LogP contribution in [0.3, 0.4) is 0 Å². The van der Waals surface area contributed by atoms with Crippen molar-refractivity contribution in [3.8, 4) is 0 Å². The van der Waals surface area contributed by atoms with E-state index in [2.05, 4.69) is 19.9 Å². The standard InChI is InChI=1S/C11H13N5O4S/c1-7-5-9(16(17)18)3-4-10(7)21(19,20)15-8(2)11-12-6-13-14-11/h3-6,8,15H,1-2H3,(H,12,13,14). The van der Waals surface area contributed by atoms with Gasteiger partial charge in [-0.2, -0.15) is 5.10 Å². The molecule has 10 heteroatoms. The van der Waals surface area contributed by atoms with Crippen LogP contribution in [0.2, 0.25) is 0 Å². The fraction of sp³-hybridized carbons (Fsp3) is 0.273. The zero-order chi connectivity index (χ0) is 15.6. The summed E-state index contributed by atoms with van der Waals surface area (Å²) in [5, 5.41) is 16.9. The van der Waals surface area contributed by atoms with Crippen molar-refractivity contribution in [2.24, 2.45) is 0 Å². The molecule has 2 aromatic rings. The summed E-state index contributed by atoms with van der Waals surface area (Å²) in [4.78, 5) is 13.9. The molecule has 2 rings (SSSR count). The second-order valence-corrected chi connectivity index (χ2v) is 6.10. The van der Waals surface area contributed by atoms with E-state index in [1.54, 1.807) is 6.92 Å². The van der Waals surface area contributed by atoms with Crippen molar-refractivity contribution >= 4 is 15.7 Å². The van der Waals surface area contributed by atoms with E-state index in [-0.39, 0.29) is 10.6 Å². The van der Waals surface area contributed by atoms with E-state index in [1.165, 1.54) is 25.4 Å². The Hall–Kier alpha value is -2.33. The molecule has 0 aliphatic rings. The molecule has 0 spiro atoms. The lowest BCUT2D eigenvalue weighted by Gasteiger charge is -2.13. The number of nitro benzene ring substituents is 1. The highest BCUT2D eigenvalue weighted by Gasteiger charge is 2.23. The first-order valence-electron chi connectivity index (χ1n) is 5.94. The van der Waals surface area contributed by atoms with Gasteiger partial charge in [-0.1, -0.05) is 0 Å². The minimum atomic E-state index is -3.82. The number of hydrogen-bond donors (Lipinski definition) is 2. The van der Waals surface area contributed by atoms with Crippen LogP contribution in [0.1, 0.15) is 24.4 Å². The first kappa shape index (κ1) is 15.1. The van der Waals surface area contributed by atoms with Crippen molar-refractivity contribution in [3.05, 3.63) is 46.0 Å². The van der Waals surface area contributed by atoms with E-state index >= 15 is 0 Å². The van der Waals surface area contributed by atoms with Crippen LogP contribution in [0.5, 0.6) is 0 Å². The molecule has 21 heavy (non-hydrogen) atoms. The molecule has 0 saturated carbocycles. The molecule has 0 radical (unpaired) electrons. The summed E-state index contributed by atoms with van der Waals surface area (Å²) in [5.74, 6) is 0.373. The molecule has 0 aliphatic carbocycles. The molecule has 1 unspecified atom stereocenters. The number of aryl methyl sites for hydroxylation is 1. The van der Waals surface area contributed by atoms with Crippen molar-refractivity contribution in [2.75, 3.05) is 0 Å². The van der Waals surface area contributed by atoms with Gasteiger partial charge in [-0.25, -0.2) is 18.1 Å². The molecule has 1 heterocycles. The molecule has 1 atom stereocenters. The van der Waals surface area contributed by atoms with Gasteiger partial charge in [0.25, 0.3) is 5.69 Å². The number of hydrogen-bond acceptors (Lipinski definition) is 6. The molecular formula is C11H13N5O4S. The normalized spacial score (nSPS) is 13.0. The second kappa shape index (κ2) is 5.58. The first-order valence-corrected chi connectivity index (χ1v) is 7.42. The zero-order valence-electron chi connectivity index (χ0n) is 11.3. The van der Waals surface area contributed by atoms with Crippen LogP contribution < -0.4 is 4.72 Å². The van der Waals surface area contributed by atoms with Crippen molar-refractivity contribution in [1.29, 1.82) is 0 Å². The van der Waals surface area contributed by atoms with Crippen LogP contribution in [0, 0.1) is 17.0 Å². The van der Waals surface area contributed by atoms with Gasteiger partial charge in [-0.15, -0.1) is 0 Å². The zero-order valence-corrected chi connectivity index (χ0v) is 12.1. The summed E-state index contributed by atoms with van der Waals surface area (Å²) >= 11 is 0. The van der Waals surface area contributed by atoms with Crippen molar-refractivity contribution in [3.63, 3.8) is 0 Å². The second-order valence-electron chi connectivity index (χ2n) is 4.42. The van der Waals surface area contributed by atoms with Gasteiger partial charge in [-0.3, -0.25) is 15.2 Å². The van der Waals surface area contributed by atoms with E-state index in [0.717, 1.165) is 6.07 Å². The van der Waals surface area contributed by atoms with Gasteiger partial charge in [0.15, 0.2) is 0 Å². The maximum atomic E-state index is 12.3. The molecule has 0 amide bonds. The number of rotatable bonds is 5. The van der Waals surface area contributed by atoms with E-state index in [1.807, 2.05) is 0 Å². The van der Waals surface area contributed by atoms with Gasteiger partial charge in [0.05, 0.1) is 15.9 Å². The van der Waals surface area contributed by atoms with Crippen LogP contribution in [0.4, 0.5) is 5.69 Å². The minimum absolute atomic E-state index is 0.0144. The number of sulfonamides is 1. The lowest BCUT2D eigenvalue weighted by molar-refractivity contribution is -0.385. The Bertz CT molecular complexity index is 757. The van der Waals surface area contributed by atoms with Crippen molar-refractivity contribution in [1.82, 2.24) is 19.9 Å². The summed E-state index contributed by atoms with van der Waals surface area (Å²) in [6.07, 6.45) is 1.28. The third-order valence-electron chi connectivity index (χ3n) is 2.83. The van der Waals surface area contributed by atoms with Crippen molar-refractivity contribution in [2.45, 2.75) is 24.8 Å². The highest BCUT2D eigenvalue weighted by molar-refractivity contribution is 7.89. The van der Waals surface area contributed by atoms with Crippen LogP contribution in [0.15, 0.2) is 29.4 Å². The summed E-state index contributed by atoms with van der Waals surface area (Å²) in [6, 6.07) is 2.98. The smallest absolute Gasteiger partial charge is 0.262 e. The lowest BCUT2D eigenvalue weighted by atomic mass is 10.2. The van der Waals surface area contributed by atoms with Gasteiger partial charge < -0.3 is 0 Å². The number of nitrogens with zero attached hydrogens (tertiary/aromatic N) is 3. The predicted molar refractivity (Wildman–Crippen MR) is 73.0 cm³/mol. The quantitative estimate of drug-likeness (QED) is 0.627.